The van der Waals surface area contributed by atoms with Crippen LogP contribution in [0, 0.1) is 11.6 Å². The van der Waals surface area contributed by atoms with E-state index in [-0.39, 0.29) is 5.56 Å². The molecule has 0 unspecified atom stereocenters. The molecule has 0 bridgehead atoms. The molecule has 1 aromatic heterocycles. The average Bonchev–Trinajstić information content (AvgIpc) is 2.15. The molecule has 0 aromatic carbocycles. The molecule has 1 aromatic rings. The second kappa shape index (κ2) is 3.92. The summed E-state index contributed by atoms with van der Waals surface area (Å²) in [5.74, 6) is -2.41. The molecule has 0 atom stereocenters. The Kier molecular flexibility index (Phi) is 3.02. The van der Waals surface area contributed by atoms with E-state index in [1.165, 1.54) is 21.0 Å². The molecule has 15 heavy (non-hydrogen) atoms. The van der Waals surface area contributed by atoms with E-state index < -0.39 is 23.0 Å². The quantitative estimate of drug-likeness (QED) is 0.706. The summed E-state index contributed by atoms with van der Waals surface area (Å²) in [6.45, 7) is 2.78. The van der Waals surface area contributed by atoms with Crippen molar-refractivity contribution in [2.75, 3.05) is 7.11 Å². The Balaban J connectivity index is 3.32. The summed E-state index contributed by atoms with van der Waals surface area (Å²) in [6, 6.07) is 0. The lowest BCUT2D eigenvalue weighted by Crippen LogP contribution is -2.32. The van der Waals surface area contributed by atoms with Crippen LogP contribution in [0.5, 0.6) is 0 Å². The van der Waals surface area contributed by atoms with Gasteiger partial charge in [-0.2, -0.15) is 0 Å². The number of ether oxygens (including phenoxy) is 1. The van der Waals surface area contributed by atoms with Gasteiger partial charge in [0.15, 0.2) is 0 Å². The van der Waals surface area contributed by atoms with Gasteiger partial charge in [-0.3, -0.25) is 9.78 Å². The number of carbonyl (C=O) groups excluding carboxylic acids is 1. The summed E-state index contributed by atoms with van der Waals surface area (Å²) in [5.41, 5.74) is -1.70. The topological polar surface area (TPSA) is 39.2 Å². The third-order valence-corrected chi connectivity index (χ3v) is 2.17. The van der Waals surface area contributed by atoms with Gasteiger partial charge in [0.25, 0.3) is 0 Å². The molecule has 0 aliphatic heterocycles. The van der Waals surface area contributed by atoms with Gasteiger partial charge in [-0.1, -0.05) is 0 Å². The van der Waals surface area contributed by atoms with Crippen LogP contribution in [-0.2, 0) is 14.9 Å². The molecule has 0 saturated carbocycles. The van der Waals surface area contributed by atoms with Crippen molar-refractivity contribution in [3.05, 3.63) is 29.6 Å². The van der Waals surface area contributed by atoms with E-state index in [9.17, 15) is 13.6 Å². The Bertz CT molecular complexity index is 371. The van der Waals surface area contributed by atoms with Gasteiger partial charge in [-0.15, -0.1) is 0 Å². The van der Waals surface area contributed by atoms with Crippen molar-refractivity contribution in [1.29, 1.82) is 0 Å². The molecule has 1 rings (SSSR count). The Morgan fingerprint density at radius 2 is 1.80 bits per heavy atom. The first kappa shape index (κ1) is 11.6. The van der Waals surface area contributed by atoms with Crippen molar-refractivity contribution < 1.29 is 18.3 Å². The summed E-state index contributed by atoms with van der Waals surface area (Å²) in [5, 5.41) is 0. The molecular formula is C10H11F2NO2. The highest BCUT2D eigenvalue weighted by Crippen LogP contribution is 2.28. The van der Waals surface area contributed by atoms with Crippen LogP contribution in [0.2, 0.25) is 0 Å². The lowest BCUT2D eigenvalue weighted by molar-refractivity contribution is -0.146. The minimum atomic E-state index is -1.37. The number of carbonyl (C=O) groups is 1. The van der Waals surface area contributed by atoms with E-state index in [4.69, 9.17) is 0 Å². The fraction of sp³-hybridized carbons (Fsp3) is 0.400. The van der Waals surface area contributed by atoms with Crippen molar-refractivity contribution >= 4 is 5.97 Å². The van der Waals surface area contributed by atoms with E-state index in [2.05, 4.69) is 9.72 Å². The molecule has 1 heterocycles. The van der Waals surface area contributed by atoms with E-state index in [1.807, 2.05) is 0 Å². The predicted molar refractivity (Wildman–Crippen MR) is 49.2 cm³/mol. The Morgan fingerprint density at radius 1 is 1.33 bits per heavy atom. The molecule has 0 spiro atoms. The molecule has 0 saturated heterocycles. The van der Waals surface area contributed by atoms with E-state index in [0.29, 0.717) is 0 Å². The zero-order valence-electron chi connectivity index (χ0n) is 8.67. The fourth-order valence-electron chi connectivity index (χ4n) is 1.37. The molecular weight excluding hydrogens is 204 g/mol. The van der Waals surface area contributed by atoms with E-state index >= 15 is 0 Å². The van der Waals surface area contributed by atoms with Crippen LogP contribution in [0.1, 0.15) is 19.4 Å². The summed E-state index contributed by atoms with van der Waals surface area (Å²) < 4.78 is 31.2. The largest absolute Gasteiger partial charge is 0.468 e. The van der Waals surface area contributed by atoms with Gasteiger partial charge in [0, 0.05) is 5.56 Å². The van der Waals surface area contributed by atoms with Crippen molar-refractivity contribution in [3.63, 3.8) is 0 Å². The van der Waals surface area contributed by atoms with Gasteiger partial charge in [-0.05, 0) is 13.8 Å². The zero-order valence-corrected chi connectivity index (χ0v) is 8.67. The summed E-state index contributed by atoms with van der Waals surface area (Å²) in [7, 11) is 1.17. The lowest BCUT2D eigenvalue weighted by Gasteiger charge is -2.22. The van der Waals surface area contributed by atoms with E-state index in [0.717, 1.165) is 12.4 Å². The number of esters is 1. The first-order valence-electron chi connectivity index (χ1n) is 4.29. The molecule has 3 nitrogen and oxygen atoms in total. The second-order valence-electron chi connectivity index (χ2n) is 3.59. The first-order chi connectivity index (χ1) is 6.91. The highest BCUT2D eigenvalue weighted by molar-refractivity contribution is 5.82. The molecule has 0 fully saturated rings. The van der Waals surface area contributed by atoms with Crippen LogP contribution in [0.15, 0.2) is 12.4 Å². The number of halogens is 2. The van der Waals surface area contributed by atoms with Gasteiger partial charge in [-0.25, -0.2) is 8.78 Å². The number of hydrogen-bond acceptors (Lipinski definition) is 3. The lowest BCUT2D eigenvalue weighted by atomic mass is 9.84. The fourth-order valence-corrected chi connectivity index (χ4v) is 1.37. The predicted octanol–water partition coefficient (Wildman–Crippen LogP) is 1.81. The van der Waals surface area contributed by atoms with Gasteiger partial charge < -0.3 is 4.74 Å². The van der Waals surface area contributed by atoms with Crippen LogP contribution in [0.25, 0.3) is 0 Å². The summed E-state index contributed by atoms with van der Waals surface area (Å²) in [4.78, 5) is 14.7. The van der Waals surface area contributed by atoms with Gasteiger partial charge in [0.1, 0.15) is 11.6 Å². The zero-order chi connectivity index (χ0) is 11.6. The molecule has 5 heteroatoms. The monoisotopic (exact) mass is 215 g/mol. The molecule has 0 aliphatic carbocycles. The maximum absolute atomic E-state index is 13.3. The Hall–Kier alpha value is -1.52. The molecule has 0 amide bonds. The Labute approximate surface area is 86.1 Å². The van der Waals surface area contributed by atoms with Gasteiger partial charge >= 0.3 is 5.97 Å². The maximum atomic E-state index is 13.3. The number of hydrogen-bond donors (Lipinski definition) is 0. The number of methoxy groups -OCH3 is 1. The number of nitrogens with zero attached hydrogens (tertiary/aromatic N) is 1. The summed E-state index contributed by atoms with van der Waals surface area (Å²) >= 11 is 0. The van der Waals surface area contributed by atoms with E-state index in [1.54, 1.807) is 0 Å². The van der Waals surface area contributed by atoms with Gasteiger partial charge in [0.2, 0.25) is 0 Å². The highest BCUT2D eigenvalue weighted by atomic mass is 19.1. The van der Waals surface area contributed by atoms with Crippen LogP contribution < -0.4 is 0 Å². The minimum absolute atomic E-state index is 0.329. The van der Waals surface area contributed by atoms with Crippen LogP contribution in [0.4, 0.5) is 8.78 Å². The second-order valence-corrected chi connectivity index (χ2v) is 3.59. The van der Waals surface area contributed by atoms with Gasteiger partial charge in [0.05, 0.1) is 24.9 Å². The normalized spacial score (nSPS) is 11.3. The standard InChI is InChI=1S/C10H11F2NO2/c1-10(2,9(14)15-3)8-6(11)4-13-5-7(8)12/h4-5H,1-3H3. The van der Waals surface area contributed by atoms with Crippen molar-refractivity contribution in [1.82, 2.24) is 4.98 Å². The molecule has 0 aliphatic rings. The maximum Gasteiger partial charge on any atom is 0.315 e. The smallest absolute Gasteiger partial charge is 0.315 e. The minimum Gasteiger partial charge on any atom is -0.468 e. The van der Waals surface area contributed by atoms with Crippen molar-refractivity contribution in [3.8, 4) is 0 Å². The molecule has 82 valence electrons. The number of pyridine rings is 1. The van der Waals surface area contributed by atoms with Crippen molar-refractivity contribution in [2.24, 2.45) is 0 Å². The number of aromatic nitrogens is 1. The first-order valence-corrected chi connectivity index (χ1v) is 4.29. The third kappa shape index (κ3) is 1.95. The highest BCUT2D eigenvalue weighted by Gasteiger charge is 2.36. The van der Waals surface area contributed by atoms with Crippen LogP contribution in [-0.4, -0.2) is 18.1 Å². The van der Waals surface area contributed by atoms with Crippen LogP contribution in [0.3, 0.4) is 0 Å². The average molecular weight is 215 g/mol. The van der Waals surface area contributed by atoms with Crippen molar-refractivity contribution in [2.45, 2.75) is 19.3 Å². The SMILES string of the molecule is COC(=O)C(C)(C)c1c(F)cncc1F. The third-order valence-electron chi connectivity index (χ3n) is 2.17. The molecule has 0 radical (unpaired) electrons. The molecule has 0 N–H and O–H groups in total. The Morgan fingerprint density at radius 3 is 2.20 bits per heavy atom. The number of rotatable bonds is 2. The summed E-state index contributed by atoms with van der Waals surface area (Å²) in [6.07, 6.45) is 1.73. The van der Waals surface area contributed by atoms with Crippen LogP contribution >= 0.6 is 0 Å².